The summed E-state index contributed by atoms with van der Waals surface area (Å²) in [6, 6.07) is 29.7. The van der Waals surface area contributed by atoms with E-state index in [1.54, 1.807) is 13.0 Å². The molecule has 4 aromatic rings. The maximum absolute atomic E-state index is 11.9. The number of allylic oxidation sites excluding steroid dienone is 1. The number of likely N-dealkylation sites (N-methyl/N-ethyl adjacent to an activating group) is 1. The minimum atomic E-state index is -0.620. The molecule has 1 aliphatic heterocycles. The van der Waals surface area contributed by atoms with Gasteiger partial charge in [-0.05, 0) is 78.6 Å². The zero-order valence-corrected chi connectivity index (χ0v) is 28.5. The largest absolute Gasteiger partial charge is 0.493 e. The van der Waals surface area contributed by atoms with E-state index in [4.69, 9.17) is 18.9 Å². The summed E-state index contributed by atoms with van der Waals surface area (Å²) in [5.41, 5.74) is 5.94. The van der Waals surface area contributed by atoms with Crippen molar-refractivity contribution in [1.29, 1.82) is 0 Å². The van der Waals surface area contributed by atoms with Crippen LogP contribution in [0.5, 0.6) is 23.0 Å². The second-order valence-corrected chi connectivity index (χ2v) is 11.9. The third kappa shape index (κ3) is 8.34. The Morgan fingerprint density at radius 3 is 1.96 bits per heavy atom. The molecule has 4 aromatic carbocycles. The van der Waals surface area contributed by atoms with Crippen molar-refractivity contribution in [2.45, 2.75) is 26.4 Å². The molecule has 0 bridgehead atoms. The zero-order chi connectivity index (χ0) is 34.0. The first-order chi connectivity index (χ1) is 23.3. The lowest BCUT2D eigenvalue weighted by atomic mass is 9.88. The normalized spacial score (nSPS) is 14.9. The first kappa shape index (κ1) is 34.5. The van der Waals surface area contributed by atoms with E-state index in [1.807, 2.05) is 42.5 Å². The van der Waals surface area contributed by atoms with Crippen molar-refractivity contribution in [2.24, 2.45) is 0 Å². The highest BCUT2D eigenvalue weighted by atomic mass is 16.6. The van der Waals surface area contributed by atoms with Gasteiger partial charge < -0.3 is 23.8 Å². The number of nitrogens with zero attached hydrogens (tertiary/aromatic N) is 3. The molecule has 0 aliphatic carbocycles. The summed E-state index contributed by atoms with van der Waals surface area (Å²) in [5.74, 6) is 2.14. The molecule has 1 heterocycles. The summed E-state index contributed by atoms with van der Waals surface area (Å²) >= 11 is 0. The summed E-state index contributed by atoms with van der Waals surface area (Å²) in [5, 5.41) is 11.9. The molecule has 1 saturated heterocycles. The molecule has 1 aliphatic rings. The van der Waals surface area contributed by atoms with Crippen molar-refractivity contribution >= 4 is 16.8 Å². The Morgan fingerprint density at radius 2 is 1.40 bits per heavy atom. The molecule has 1 unspecified atom stereocenters. The number of piperazine rings is 1. The molecule has 252 valence electrons. The fourth-order valence-electron chi connectivity index (χ4n) is 6.10. The topological polar surface area (TPSA) is 86.5 Å². The van der Waals surface area contributed by atoms with Gasteiger partial charge in [0.25, 0.3) is 5.69 Å². The van der Waals surface area contributed by atoms with Crippen LogP contribution in [0.3, 0.4) is 0 Å². The van der Waals surface area contributed by atoms with E-state index in [0.29, 0.717) is 29.4 Å². The fourth-order valence-corrected chi connectivity index (χ4v) is 6.10. The Kier molecular flexibility index (Phi) is 11.7. The van der Waals surface area contributed by atoms with E-state index < -0.39 is 11.0 Å². The van der Waals surface area contributed by atoms with Crippen LogP contribution in [0, 0.1) is 10.1 Å². The monoisotopic (exact) mass is 651 g/mol. The molecule has 0 amide bonds. The van der Waals surface area contributed by atoms with Crippen LogP contribution in [0.15, 0.2) is 91.0 Å². The van der Waals surface area contributed by atoms with E-state index in [9.17, 15) is 10.1 Å². The second kappa shape index (κ2) is 16.3. The van der Waals surface area contributed by atoms with Gasteiger partial charge in [-0.25, -0.2) is 0 Å². The van der Waals surface area contributed by atoms with Crippen LogP contribution in [-0.4, -0.2) is 75.3 Å². The van der Waals surface area contributed by atoms with Gasteiger partial charge in [0.05, 0.1) is 30.8 Å². The van der Waals surface area contributed by atoms with Crippen LogP contribution in [0.1, 0.15) is 48.6 Å². The Labute approximate surface area is 283 Å². The van der Waals surface area contributed by atoms with Crippen LogP contribution in [0.2, 0.25) is 0 Å². The van der Waals surface area contributed by atoms with Gasteiger partial charge in [0.15, 0.2) is 11.5 Å². The number of ether oxygens (including phenoxy) is 4. The van der Waals surface area contributed by atoms with Gasteiger partial charge in [-0.1, -0.05) is 61.5 Å². The lowest BCUT2D eigenvalue weighted by Gasteiger charge is -2.32. The number of nitro groups is 1. The number of hydrogen-bond donors (Lipinski definition) is 0. The number of benzene rings is 4. The lowest BCUT2D eigenvalue weighted by molar-refractivity contribution is -0.386. The highest BCUT2D eigenvalue weighted by Gasteiger charge is 2.25. The molecule has 48 heavy (non-hydrogen) atoms. The maximum atomic E-state index is 11.9. The number of methoxy groups -OCH3 is 2. The molecule has 0 aromatic heterocycles. The standard InChI is InChI=1S/C39H45N3O6/c1-6-34(29-10-8-7-9-11-29)39(30-12-16-32(17-13-30)47-25-24-41-22-20-40(3)21-23-41)31-14-18-33(19-15-31)48-28(2)35-26-37(45-4)38(46-5)27-36(35)42(43)44/h7-19,26-28H,6,20-25H2,1-5H3. The van der Waals surface area contributed by atoms with E-state index in [-0.39, 0.29) is 5.69 Å². The predicted molar refractivity (Wildman–Crippen MR) is 190 cm³/mol. The van der Waals surface area contributed by atoms with Crippen molar-refractivity contribution in [3.8, 4) is 23.0 Å². The molecule has 9 heteroatoms. The van der Waals surface area contributed by atoms with Gasteiger partial charge in [0.2, 0.25) is 0 Å². The average molecular weight is 652 g/mol. The molecular formula is C39H45N3O6. The van der Waals surface area contributed by atoms with E-state index >= 15 is 0 Å². The van der Waals surface area contributed by atoms with Crippen LogP contribution in [0.4, 0.5) is 5.69 Å². The Bertz CT molecular complexity index is 1680. The van der Waals surface area contributed by atoms with E-state index in [2.05, 4.69) is 60.2 Å². The molecule has 5 rings (SSSR count). The summed E-state index contributed by atoms with van der Waals surface area (Å²) < 4.78 is 23.1. The SMILES string of the molecule is CCC(=C(c1ccc(OCCN2CCN(C)CC2)cc1)c1ccc(OC(C)c2cc(OC)c(OC)cc2[N+](=O)[O-])cc1)c1ccccc1. The Morgan fingerprint density at radius 1 is 0.812 bits per heavy atom. The third-order valence-electron chi connectivity index (χ3n) is 8.82. The van der Waals surface area contributed by atoms with Crippen LogP contribution >= 0.6 is 0 Å². The van der Waals surface area contributed by atoms with Crippen molar-refractivity contribution in [3.63, 3.8) is 0 Å². The number of nitro benzene ring substituents is 1. The summed E-state index contributed by atoms with van der Waals surface area (Å²) in [6.07, 6.45) is 0.214. The molecule has 9 nitrogen and oxygen atoms in total. The minimum absolute atomic E-state index is 0.0933. The molecular weight excluding hydrogens is 606 g/mol. The molecule has 0 N–H and O–H groups in total. The van der Waals surface area contributed by atoms with Crippen molar-refractivity contribution in [1.82, 2.24) is 9.80 Å². The Balaban J connectivity index is 1.39. The van der Waals surface area contributed by atoms with Gasteiger partial charge in [-0.15, -0.1) is 0 Å². The van der Waals surface area contributed by atoms with Crippen molar-refractivity contribution in [3.05, 3.63) is 123 Å². The number of rotatable bonds is 14. The molecule has 0 saturated carbocycles. The highest BCUT2D eigenvalue weighted by Crippen LogP contribution is 2.40. The molecule has 0 radical (unpaired) electrons. The first-order valence-corrected chi connectivity index (χ1v) is 16.4. The quantitative estimate of drug-likeness (QED) is 0.0778. The van der Waals surface area contributed by atoms with E-state index in [1.165, 1.54) is 25.9 Å². The minimum Gasteiger partial charge on any atom is -0.493 e. The van der Waals surface area contributed by atoms with Gasteiger partial charge in [0.1, 0.15) is 24.2 Å². The predicted octanol–water partition coefficient (Wildman–Crippen LogP) is 7.75. The van der Waals surface area contributed by atoms with Crippen LogP contribution in [0.25, 0.3) is 11.1 Å². The second-order valence-electron chi connectivity index (χ2n) is 11.9. The fraction of sp³-hybridized carbons (Fsp3) is 0.333. The molecule has 1 fully saturated rings. The smallest absolute Gasteiger partial charge is 0.280 e. The Hall–Kier alpha value is -4.86. The zero-order valence-electron chi connectivity index (χ0n) is 28.5. The molecule has 0 spiro atoms. The summed E-state index contributed by atoms with van der Waals surface area (Å²) in [4.78, 5) is 16.3. The highest BCUT2D eigenvalue weighted by molar-refractivity contribution is 5.98. The van der Waals surface area contributed by atoms with Gasteiger partial charge in [-0.3, -0.25) is 15.0 Å². The summed E-state index contributed by atoms with van der Waals surface area (Å²) in [7, 11) is 5.12. The first-order valence-electron chi connectivity index (χ1n) is 16.4. The lowest BCUT2D eigenvalue weighted by Crippen LogP contribution is -2.45. The molecule has 1 atom stereocenters. The van der Waals surface area contributed by atoms with Gasteiger partial charge >= 0.3 is 0 Å². The van der Waals surface area contributed by atoms with E-state index in [0.717, 1.165) is 67.2 Å². The maximum Gasteiger partial charge on any atom is 0.280 e. The van der Waals surface area contributed by atoms with Crippen LogP contribution < -0.4 is 18.9 Å². The number of hydrogen-bond acceptors (Lipinski definition) is 8. The third-order valence-corrected chi connectivity index (χ3v) is 8.82. The van der Waals surface area contributed by atoms with Crippen molar-refractivity contribution < 1.29 is 23.9 Å². The van der Waals surface area contributed by atoms with Crippen LogP contribution in [-0.2, 0) is 0 Å². The average Bonchev–Trinajstić information content (AvgIpc) is 3.12. The van der Waals surface area contributed by atoms with Crippen molar-refractivity contribution in [2.75, 3.05) is 60.6 Å². The summed E-state index contributed by atoms with van der Waals surface area (Å²) in [6.45, 7) is 9.87. The van der Waals surface area contributed by atoms with Gasteiger partial charge in [0, 0.05) is 32.7 Å². The van der Waals surface area contributed by atoms with Gasteiger partial charge in [-0.2, -0.15) is 0 Å².